The second-order valence-corrected chi connectivity index (χ2v) is 9.80. The maximum Gasteiger partial charge on any atom is 0.276 e. The van der Waals surface area contributed by atoms with Crippen LogP contribution in [0.3, 0.4) is 0 Å². The number of nitrogens with one attached hydrogen (secondary N) is 1. The minimum absolute atomic E-state index is 0.153. The molecule has 0 aliphatic carbocycles. The number of nitrogens with two attached hydrogens (primary N) is 1. The van der Waals surface area contributed by atoms with Crippen molar-refractivity contribution >= 4 is 51.7 Å². The first-order valence-corrected chi connectivity index (χ1v) is 12.6. The summed E-state index contributed by atoms with van der Waals surface area (Å²) in [4.78, 5) is 51.8. The Hall–Kier alpha value is -4.31. The molecule has 0 spiro atoms. The maximum atomic E-state index is 13.0. The number of fused-ring (bicyclic) bond motifs is 1. The molecule has 3 N–H and O–H groups in total. The average Bonchev–Trinajstić information content (AvgIpc) is 3.58. The normalized spacial score (nSPS) is 19.3. The fourth-order valence-electron chi connectivity index (χ4n) is 3.93. The fraction of sp³-hybridized carbons (Fsp3) is 0.238. The van der Waals surface area contributed by atoms with Gasteiger partial charge in [0, 0.05) is 34.4 Å². The molecule has 1 saturated heterocycles. The highest BCUT2D eigenvalue weighted by molar-refractivity contribution is 8.00. The van der Waals surface area contributed by atoms with Gasteiger partial charge in [-0.05, 0) is 0 Å². The Kier molecular flexibility index (Phi) is 6.58. The molecule has 5 heterocycles. The van der Waals surface area contributed by atoms with Crippen LogP contribution in [-0.4, -0.2) is 67.8 Å². The zero-order valence-electron chi connectivity index (χ0n) is 19.1. The van der Waals surface area contributed by atoms with Gasteiger partial charge in [-0.25, -0.2) is 9.55 Å². The van der Waals surface area contributed by atoms with Crippen molar-refractivity contribution in [3.8, 4) is 11.4 Å². The van der Waals surface area contributed by atoms with Crippen molar-refractivity contribution in [2.24, 2.45) is 5.16 Å². The van der Waals surface area contributed by atoms with Gasteiger partial charge in [-0.15, -0.1) is 23.1 Å². The zero-order valence-corrected chi connectivity index (χ0v) is 20.7. The highest BCUT2D eigenvalue weighted by Crippen LogP contribution is 2.40. The largest absolute Gasteiger partial charge is 0.543 e. The molecule has 3 aromatic rings. The van der Waals surface area contributed by atoms with Crippen molar-refractivity contribution in [1.29, 1.82) is 0 Å². The molecular weight excluding hydrogens is 524 g/mol. The lowest BCUT2D eigenvalue weighted by molar-refractivity contribution is -0.689. The first-order valence-electron chi connectivity index (χ1n) is 10.6. The molecule has 37 heavy (non-hydrogen) atoms. The molecule has 14 nitrogen and oxygen atoms in total. The number of hydrogen-bond acceptors (Lipinski definition) is 13. The van der Waals surface area contributed by atoms with E-state index in [1.807, 2.05) is 0 Å². The minimum Gasteiger partial charge on any atom is -0.543 e. The Morgan fingerprint density at radius 2 is 2.19 bits per heavy atom. The summed E-state index contributed by atoms with van der Waals surface area (Å²) in [6.07, 6.45) is 4.71. The molecule has 16 heteroatoms. The van der Waals surface area contributed by atoms with E-state index in [0.717, 1.165) is 21.8 Å². The Morgan fingerprint density at radius 1 is 1.41 bits per heavy atom. The highest BCUT2D eigenvalue weighted by Gasteiger charge is 2.53. The fourth-order valence-corrected chi connectivity index (χ4v) is 5.81. The average molecular weight is 543 g/mol. The number of carboxylic acids is 1. The van der Waals surface area contributed by atoms with E-state index in [2.05, 4.69) is 25.6 Å². The van der Waals surface area contributed by atoms with Gasteiger partial charge in [0.05, 0.1) is 11.7 Å². The van der Waals surface area contributed by atoms with E-state index in [4.69, 9.17) is 15.1 Å². The Bertz CT molecular complexity index is 1420. The lowest BCUT2D eigenvalue weighted by Crippen LogP contribution is -2.71. The number of amides is 2. The summed E-state index contributed by atoms with van der Waals surface area (Å²) >= 11 is 2.45. The highest BCUT2D eigenvalue weighted by atomic mass is 32.2. The number of carboxylic acid groups (broad SMARTS) is 1. The maximum absolute atomic E-state index is 13.0. The summed E-state index contributed by atoms with van der Waals surface area (Å²) < 4.78 is 6.51. The molecule has 0 saturated carbocycles. The second-order valence-electron chi connectivity index (χ2n) is 7.81. The molecule has 0 unspecified atom stereocenters. The number of thioether (sulfide) groups is 1. The van der Waals surface area contributed by atoms with Gasteiger partial charge in [0.2, 0.25) is 12.2 Å². The SMILES string of the molecule is CO/N=C(\C(=O)N[C@@H]1C(=O)N2C(C(=O)[O-])=C(C[n+]3ccc(-c4ncon4)cc3)CS[C@@H]12)c1csc(N)n1. The number of aliphatic carboxylic acids is 1. The lowest BCUT2D eigenvalue weighted by Gasteiger charge is -2.50. The molecule has 3 aromatic heterocycles. The number of carbonyl (C=O) groups is 3. The van der Waals surface area contributed by atoms with Crippen LogP contribution in [0.25, 0.3) is 11.4 Å². The first-order chi connectivity index (χ1) is 17.9. The molecule has 190 valence electrons. The van der Waals surface area contributed by atoms with E-state index < -0.39 is 29.2 Å². The van der Waals surface area contributed by atoms with E-state index in [9.17, 15) is 19.5 Å². The smallest absolute Gasteiger partial charge is 0.276 e. The van der Waals surface area contributed by atoms with Gasteiger partial charge in [-0.2, -0.15) is 4.98 Å². The first kappa shape index (κ1) is 24.4. The van der Waals surface area contributed by atoms with Gasteiger partial charge >= 0.3 is 0 Å². The van der Waals surface area contributed by atoms with Crippen LogP contribution in [0.15, 0.2) is 57.2 Å². The number of nitrogen functional groups attached to an aromatic ring is 1. The summed E-state index contributed by atoms with van der Waals surface area (Å²) in [6, 6.07) is 2.56. The van der Waals surface area contributed by atoms with Crippen LogP contribution in [0.1, 0.15) is 5.69 Å². The quantitative estimate of drug-likeness (QED) is 0.146. The number of pyridine rings is 1. The van der Waals surface area contributed by atoms with Crippen LogP contribution in [0.5, 0.6) is 0 Å². The van der Waals surface area contributed by atoms with Crippen LogP contribution >= 0.6 is 23.1 Å². The van der Waals surface area contributed by atoms with Gasteiger partial charge in [0.15, 0.2) is 29.8 Å². The lowest BCUT2D eigenvalue weighted by atomic mass is 10.0. The third-order valence-electron chi connectivity index (χ3n) is 5.57. The van der Waals surface area contributed by atoms with Crippen molar-refractivity contribution in [2.45, 2.75) is 18.0 Å². The number of anilines is 1. The van der Waals surface area contributed by atoms with Crippen LogP contribution in [0, 0.1) is 0 Å². The molecule has 2 atom stereocenters. The van der Waals surface area contributed by atoms with Gasteiger partial charge in [-0.3, -0.25) is 14.5 Å². The second kappa shape index (κ2) is 9.98. The van der Waals surface area contributed by atoms with E-state index in [0.29, 0.717) is 17.2 Å². The number of carbonyl (C=O) groups excluding carboxylic acids is 3. The summed E-state index contributed by atoms with van der Waals surface area (Å²) in [5.41, 5.74) is 6.70. The third-order valence-corrected chi connectivity index (χ3v) is 7.59. The minimum atomic E-state index is -1.47. The molecule has 0 aromatic carbocycles. The topological polar surface area (TPSA) is 193 Å². The van der Waals surface area contributed by atoms with Crippen molar-refractivity contribution in [2.75, 3.05) is 18.6 Å². The van der Waals surface area contributed by atoms with E-state index in [1.165, 1.54) is 30.6 Å². The number of oxime groups is 1. The number of hydrogen-bond donors (Lipinski definition) is 2. The summed E-state index contributed by atoms with van der Waals surface area (Å²) in [6.45, 7) is 0.215. The van der Waals surface area contributed by atoms with Crippen molar-refractivity contribution in [1.82, 2.24) is 25.3 Å². The van der Waals surface area contributed by atoms with E-state index in [-0.39, 0.29) is 28.8 Å². The molecule has 1 fully saturated rings. The Balaban J connectivity index is 1.32. The summed E-state index contributed by atoms with van der Waals surface area (Å²) in [5, 5.41) is 23.3. The van der Waals surface area contributed by atoms with Crippen molar-refractivity contribution < 1.29 is 33.4 Å². The molecule has 0 bridgehead atoms. The van der Waals surface area contributed by atoms with E-state index >= 15 is 0 Å². The van der Waals surface area contributed by atoms with Gasteiger partial charge in [0.25, 0.3) is 11.8 Å². The predicted molar refractivity (Wildman–Crippen MR) is 127 cm³/mol. The molecular formula is C21H18N8O6S2. The molecule has 5 rings (SSSR count). The van der Waals surface area contributed by atoms with Crippen LogP contribution < -0.4 is 20.7 Å². The molecule has 0 radical (unpaired) electrons. The molecule has 2 aliphatic rings. The van der Waals surface area contributed by atoms with Crippen molar-refractivity contribution in [3.05, 3.63) is 53.3 Å². The molecule has 2 amide bonds. The molecule has 2 aliphatic heterocycles. The van der Waals surface area contributed by atoms with E-state index in [1.54, 1.807) is 29.1 Å². The monoisotopic (exact) mass is 542 g/mol. The standard InChI is InChI=1S/C21H18N8O6S2/c1-34-26-13(12-8-37-21(22)24-12)17(30)25-14-18(31)29-15(20(32)33)11(7-36-19(14)29)6-28-4-2-10(3-5-28)16-23-9-35-27-16/h2-5,8-9,14,19H,6-7H2,1H3,(H3-,22,24,25,30,32,33)/b26-13-/t14-,19+/m1/s1. The summed E-state index contributed by atoms with van der Waals surface area (Å²) in [5.74, 6) is -2.01. The Morgan fingerprint density at radius 3 is 2.81 bits per heavy atom. The van der Waals surface area contributed by atoms with Gasteiger partial charge < -0.3 is 30.3 Å². The third kappa shape index (κ3) is 4.63. The summed E-state index contributed by atoms with van der Waals surface area (Å²) in [7, 11) is 1.27. The number of aromatic nitrogens is 4. The number of thiazole rings is 1. The number of nitrogens with zero attached hydrogens (tertiary/aromatic N) is 6. The van der Waals surface area contributed by atoms with Crippen LogP contribution in [-0.2, 0) is 25.8 Å². The van der Waals surface area contributed by atoms with Gasteiger partial charge in [-0.1, -0.05) is 10.3 Å². The zero-order chi connectivity index (χ0) is 26.1. The Labute approximate surface area is 216 Å². The van der Waals surface area contributed by atoms with Crippen LogP contribution in [0.2, 0.25) is 0 Å². The van der Waals surface area contributed by atoms with Crippen LogP contribution in [0.4, 0.5) is 5.13 Å². The van der Waals surface area contributed by atoms with Crippen molar-refractivity contribution in [3.63, 3.8) is 0 Å². The predicted octanol–water partition coefficient (Wildman–Crippen LogP) is -1.48. The number of rotatable bonds is 8. The number of β-lactam (4-membered cyclic amide) rings is 1. The van der Waals surface area contributed by atoms with Gasteiger partial charge in [0.1, 0.15) is 24.2 Å².